The van der Waals surface area contributed by atoms with Crippen LogP contribution < -0.4 is 14.8 Å². The van der Waals surface area contributed by atoms with Crippen molar-refractivity contribution in [3.05, 3.63) is 36.4 Å². The van der Waals surface area contributed by atoms with E-state index in [1.165, 1.54) is 0 Å². The predicted octanol–water partition coefficient (Wildman–Crippen LogP) is 1.87. The Morgan fingerprint density at radius 3 is 2.75 bits per heavy atom. The molecule has 2 N–H and O–H groups in total. The molecule has 0 heterocycles. The molecule has 0 radical (unpaired) electrons. The lowest BCUT2D eigenvalue weighted by atomic mass is 10.0. The quantitative estimate of drug-likeness (QED) is 0.675. The van der Waals surface area contributed by atoms with Crippen molar-refractivity contribution in [3.63, 3.8) is 0 Å². The molecule has 0 bridgehead atoms. The van der Waals surface area contributed by atoms with Gasteiger partial charge in [0, 0.05) is 18.7 Å². The third-order valence-electron chi connectivity index (χ3n) is 2.93. The standard InChI is InChI=1S/C15H21NO4/c1-4-7-16-12(9-15(17)18)8-11-5-6-13(19-2)10-14(11)20-3/h4-6,10,12,16H,1,7-9H2,2-3H3,(H,17,18). The smallest absolute Gasteiger partial charge is 0.304 e. The lowest BCUT2D eigenvalue weighted by molar-refractivity contribution is -0.137. The summed E-state index contributed by atoms with van der Waals surface area (Å²) < 4.78 is 10.5. The Balaban J connectivity index is 2.85. The van der Waals surface area contributed by atoms with Crippen molar-refractivity contribution >= 4 is 5.97 Å². The summed E-state index contributed by atoms with van der Waals surface area (Å²) in [6.07, 6.45) is 2.32. The van der Waals surface area contributed by atoms with Crippen LogP contribution in [-0.2, 0) is 11.2 Å². The zero-order chi connectivity index (χ0) is 15.0. The SMILES string of the molecule is C=CCNC(CC(=O)O)Cc1ccc(OC)cc1OC. The molecule has 1 atom stereocenters. The highest BCUT2D eigenvalue weighted by Crippen LogP contribution is 2.26. The van der Waals surface area contributed by atoms with E-state index in [0.29, 0.717) is 24.5 Å². The first kappa shape index (κ1) is 16.0. The monoisotopic (exact) mass is 279 g/mol. The molecule has 0 spiro atoms. The highest BCUT2D eigenvalue weighted by atomic mass is 16.5. The summed E-state index contributed by atoms with van der Waals surface area (Å²) in [7, 11) is 3.18. The first-order valence-corrected chi connectivity index (χ1v) is 6.37. The fourth-order valence-corrected chi connectivity index (χ4v) is 1.96. The summed E-state index contributed by atoms with van der Waals surface area (Å²) in [5, 5.41) is 12.1. The van der Waals surface area contributed by atoms with Crippen molar-refractivity contribution in [3.8, 4) is 11.5 Å². The van der Waals surface area contributed by atoms with E-state index in [0.717, 1.165) is 5.56 Å². The number of carboxylic acid groups (broad SMARTS) is 1. The minimum atomic E-state index is -0.834. The van der Waals surface area contributed by atoms with Crippen molar-refractivity contribution in [2.45, 2.75) is 18.9 Å². The lowest BCUT2D eigenvalue weighted by Gasteiger charge is -2.18. The average Bonchev–Trinajstić information content (AvgIpc) is 2.44. The van der Waals surface area contributed by atoms with Crippen LogP contribution in [0.2, 0.25) is 0 Å². The number of carbonyl (C=O) groups is 1. The normalized spacial score (nSPS) is 11.7. The van der Waals surface area contributed by atoms with Crippen molar-refractivity contribution in [1.82, 2.24) is 5.32 Å². The number of benzene rings is 1. The maximum atomic E-state index is 10.9. The number of hydrogen-bond donors (Lipinski definition) is 2. The molecular weight excluding hydrogens is 258 g/mol. The van der Waals surface area contributed by atoms with E-state index in [4.69, 9.17) is 14.6 Å². The van der Waals surface area contributed by atoms with Gasteiger partial charge in [0.2, 0.25) is 0 Å². The van der Waals surface area contributed by atoms with E-state index in [2.05, 4.69) is 11.9 Å². The molecule has 0 aliphatic rings. The number of methoxy groups -OCH3 is 2. The number of nitrogens with one attached hydrogen (secondary N) is 1. The Morgan fingerprint density at radius 1 is 1.45 bits per heavy atom. The molecule has 1 aromatic rings. The molecule has 1 aromatic carbocycles. The number of aliphatic carboxylic acids is 1. The van der Waals surface area contributed by atoms with Crippen molar-refractivity contribution < 1.29 is 19.4 Å². The fraction of sp³-hybridized carbons (Fsp3) is 0.400. The minimum absolute atomic E-state index is 0.0447. The van der Waals surface area contributed by atoms with Gasteiger partial charge >= 0.3 is 5.97 Å². The van der Waals surface area contributed by atoms with Crippen molar-refractivity contribution in [2.75, 3.05) is 20.8 Å². The lowest BCUT2D eigenvalue weighted by Crippen LogP contribution is -2.33. The zero-order valence-corrected chi connectivity index (χ0v) is 11.9. The summed E-state index contributed by atoms with van der Waals surface area (Å²) in [6, 6.07) is 5.35. The third-order valence-corrected chi connectivity index (χ3v) is 2.93. The number of hydrogen-bond acceptors (Lipinski definition) is 4. The Morgan fingerprint density at radius 2 is 2.20 bits per heavy atom. The van der Waals surface area contributed by atoms with E-state index in [-0.39, 0.29) is 12.5 Å². The summed E-state index contributed by atoms with van der Waals surface area (Å²) in [5.41, 5.74) is 0.941. The van der Waals surface area contributed by atoms with Gasteiger partial charge in [0.05, 0.1) is 20.6 Å². The van der Waals surface area contributed by atoms with Gasteiger partial charge in [-0.1, -0.05) is 12.1 Å². The topological polar surface area (TPSA) is 67.8 Å². The van der Waals surface area contributed by atoms with Gasteiger partial charge in [-0.05, 0) is 18.1 Å². The molecule has 1 rings (SSSR count). The van der Waals surface area contributed by atoms with Gasteiger partial charge in [0.15, 0.2) is 0 Å². The molecule has 5 heteroatoms. The Hall–Kier alpha value is -2.01. The second kappa shape index (κ2) is 8.22. The van der Waals surface area contributed by atoms with Crippen LogP contribution in [0.25, 0.3) is 0 Å². The zero-order valence-electron chi connectivity index (χ0n) is 11.9. The summed E-state index contributed by atoms with van der Waals surface area (Å²) in [4.78, 5) is 10.9. The molecule has 5 nitrogen and oxygen atoms in total. The first-order chi connectivity index (χ1) is 9.60. The Bertz CT molecular complexity index is 459. The number of ether oxygens (including phenoxy) is 2. The van der Waals surface area contributed by atoms with E-state index in [1.54, 1.807) is 26.4 Å². The van der Waals surface area contributed by atoms with Crippen LogP contribution in [0.15, 0.2) is 30.9 Å². The van der Waals surface area contributed by atoms with Gasteiger partial charge in [-0.15, -0.1) is 6.58 Å². The molecular formula is C15H21NO4. The molecule has 0 saturated heterocycles. The summed E-state index contributed by atoms with van der Waals surface area (Å²) in [5.74, 6) is 0.568. The molecule has 0 aliphatic carbocycles. The largest absolute Gasteiger partial charge is 0.497 e. The van der Waals surface area contributed by atoms with Gasteiger partial charge in [-0.2, -0.15) is 0 Å². The second-order valence-electron chi connectivity index (χ2n) is 4.37. The van der Waals surface area contributed by atoms with Crippen LogP contribution >= 0.6 is 0 Å². The minimum Gasteiger partial charge on any atom is -0.497 e. The third kappa shape index (κ3) is 4.93. The average molecular weight is 279 g/mol. The molecule has 1 unspecified atom stereocenters. The Labute approximate surface area is 119 Å². The van der Waals surface area contributed by atoms with Gasteiger partial charge in [-0.25, -0.2) is 0 Å². The fourth-order valence-electron chi connectivity index (χ4n) is 1.96. The molecule has 0 fully saturated rings. The van der Waals surface area contributed by atoms with E-state index >= 15 is 0 Å². The maximum absolute atomic E-state index is 10.9. The Kier molecular flexibility index (Phi) is 6.59. The summed E-state index contributed by atoms with van der Waals surface area (Å²) in [6.45, 7) is 4.19. The van der Waals surface area contributed by atoms with Crippen LogP contribution in [0.1, 0.15) is 12.0 Å². The highest BCUT2D eigenvalue weighted by molar-refractivity contribution is 5.67. The van der Waals surface area contributed by atoms with Gasteiger partial charge in [-0.3, -0.25) is 4.79 Å². The number of carboxylic acids is 1. The van der Waals surface area contributed by atoms with Crippen LogP contribution in [0.3, 0.4) is 0 Å². The number of rotatable bonds is 9. The van der Waals surface area contributed by atoms with E-state index < -0.39 is 5.97 Å². The van der Waals surface area contributed by atoms with E-state index in [9.17, 15) is 4.79 Å². The van der Waals surface area contributed by atoms with Crippen molar-refractivity contribution in [2.24, 2.45) is 0 Å². The van der Waals surface area contributed by atoms with E-state index in [1.807, 2.05) is 12.1 Å². The second-order valence-corrected chi connectivity index (χ2v) is 4.37. The molecule has 0 aliphatic heterocycles. The molecule has 0 aromatic heterocycles. The first-order valence-electron chi connectivity index (χ1n) is 6.37. The van der Waals surface area contributed by atoms with Gasteiger partial charge < -0.3 is 19.9 Å². The molecule has 0 saturated carbocycles. The van der Waals surface area contributed by atoms with Crippen LogP contribution in [0.4, 0.5) is 0 Å². The van der Waals surface area contributed by atoms with Gasteiger partial charge in [0.1, 0.15) is 11.5 Å². The molecule has 20 heavy (non-hydrogen) atoms. The van der Waals surface area contributed by atoms with Crippen LogP contribution in [-0.4, -0.2) is 37.9 Å². The molecule has 110 valence electrons. The highest BCUT2D eigenvalue weighted by Gasteiger charge is 2.15. The maximum Gasteiger partial charge on any atom is 0.304 e. The summed E-state index contributed by atoms with van der Waals surface area (Å²) >= 11 is 0. The van der Waals surface area contributed by atoms with Gasteiger partial charge in [0.25, 0.3) is 0 Å². The van der Waals surface area contributed by atoms with Crippen LogP contribution in [0.5, 0.6) is 11.5 Å². The predicted molar refractivity (Wildman–Crippen MR) is 77.5 cm³/mol. The van der Waals surface area contributed by atoms with Crippen LogP contribution in [0, 0.1) is 0 Å². The molecule has 0 amide bonds. The van der Waals surface area contributed by atoms with Crippen molar-refractivity contribution in [1.29, 1.82) is 0 Å².